The molecule has 0 atom stereocenters. The number of nitro groups is 1. The first-order chi connectivity index (χ1) is 10.0. The summed E-state index contributed by atoms with van der Waals surface area (Å²) in [5.41, 5.74) is 1.81. The molecular weight excluding hydrogens is 295 g/mol. The van der Waals surface area contributed by atoms with Crippen LogP contribution in [0.15, 0.2) is 48.5 Å². The molecule has 0 saturated heterocycles. The van der Waals surface area contributed by atoms with Crippen molar-refractivity contribution in [3.8, 4) is 11.3 Å². The number of aromatic nitrogens is 1. The van der Waals surface area contributed by atoms with Crippen molar-refractivity contribution >= 4 is 28.2 Å². The molecule has 0 saturated carbocycles. The van der Waals surface area contributed by atoms with E-state index in [2.05, 4.69) is 4.98 Å². The van der Waals surface area contributed by atoms with Crippen molar-refractivity contribution < 1.29 is 9.31 Å². The molecule has 104 valence electrons. The van der Waals surface area contributed by atoms with Crippen LogP contribution in [-0.4, -0.2) is 9.91 Å². The van der Waals surface area contributed by atoms with Crippen molar-refractivity contribution in [3.05, 3.63) is 69.5 Å². The Hall–Kier alpha value is -2.53. The van der Waals surface area contributed by atoms with Crippen LogP contribution in [0.4, 0.5) is 10.1 Å². The molecule has 3 aromatic rings. The van der Waals surface area contributed by atoms with Gasteiger partial charge in [0.2, 0.25) is 0 Å². The average Bonchev–Trinajstić information content (AvgIpc) is 2.47. The minimum atomic E-state index is -0.482. The van der Waals surface area contributed by atoms with Crippen LogP contribution in [0.5, 0.6) is 0 Å². The number of fused-ring (bicyclic) bond motifs is 1. The maximum atomic E-state index is 12.9. The zero-order chi connectivity index (χ0) is 15.0. The van der Waals surface area contributed by atoms with Crippen molar-refractivity contribution in [2.45, 2.75) is 0 Å². The normalized spacial score (nSPS) is 10.8. The summed E-state index contributed by atoms with van der Waals surface area (Å²) >= 11 is 6.18. The highest BCUT2D eigenvalue weighted by atomic mass is 35.5. The number of non-ortho nitro benzene ring substituents is 1. The molecule has 0 aliphatic carbocycles. The van der Waals surface area contributed by atoms with Gasteiger partial charge < -0.3 is 0 Å². The van der Waals surface area contributed by atoms with Gasteiger partial charge >= 0.3 is 0 Å². The number of benzene rings is 2. The van der Waals surface area contributed by atoms with E-state index in [1.807, 2.05) is 0 Å². The van der Waals surface area contributed by atoms with Crippen LogP contribution in [0, 0.1) is 15.9 Å². The fourth-order valence-corrected chi connectivity index (χ4v) is 2.31. The number of hydrogen-bond acceptors (Lipinski definition) is 3. The monoisotopic (exact) mass is 302 g/mol. The van der Waals surface area contributed by atoms with Crippen molar-refractivity contribution in [1.82, 2.24) is 4.98 Å². The van der Waals surface area contributed by atoms with Crippen LogP contribution < -0.4 is 0 Å². The lowest BCUT2D eigenvalue weighted by Crippen LogP contribution is -1.91. The van der Waals surface area contributed by atoms with Crippen molar-refractivity contribution in [3.63, 3.8) is 0 Å². The molecule has 2 aromatic carbocycles. The number of rotatable bonds is 2. The Bertz CT molecular complexity index is 850. The molecule has 1 heterocycles. The molecule has 6 heteroatoms. The van der Waals surface area contributed by atoms with Gasteiger partial charge in [-0.2, -0.15) is 0 Å². The van der Waals surface area contributed by atoms with Crippen LogP contribution in [-0.2, 0) is 0 Å². The number of halogens is 2. The zero-order valence-electron chi connectivity index (χ0n) is 10.6. The van der Waals surface area contributed by atoms with Crippen LogP contribution >= 0.6 is 11.6 Å². The fraction of sp³-hybridized carbons (Fsp3) is 0. The Morgan fingerprint density at radius 2 is 1.81 bits per heavy atom. The Morgan fingerprint density at radius 1 is 1.10 bits per heavy atom. The number of nitro benzene ring substituents is 1. The third-order valence-electron chi connectivity index (χ3n) is 3.09. The van der Waals surface area contributed by atoms with Crippen molar-refractivity contribution in [2.75, 3.05) is 0 Å². The summed E-state index contributed by atoms with van der Waals surface area (Å²) in [4.78, 5) is 14.7. The maximum absolute atomic E-state index is 12.9. The predicted octanol–water partition coefficient (Wildman–Crippen LogP) is 4.60. The van der Waals surface area contributed by atoms with Gasteiger partial charge in [-0.3, -0.25) is 10.1 Å². The van der Waals surface area contributed by atoms with Gasteiger partial charge in [-0.05, 0) is 36.4 Å². The summed E-state index contributed by atoms with van der Waals surface area (Å²) in [5.74, 6) is -0.332. The SMILES string of the molecule is O=[N+]([O-])c1ccc2nc(-c3ccc(F)cc3)cc(Cl)c2c1. The Morgan fingerprint density at radius 3 is 2.48 bits per heavy atom. The van der Waals surface area contributed by atoms with Gasteiger partial charge in [0.1, 0.15) is 5.82 Å². The van der Waals surface area contributed by atoms with E-state index < -0.39 is 4.92 Å². The molecule has 0 unspecified atom stereocenters. The van der Waals surface area contributed by atoms with E-state index in [0.29, 0.717) is 21.6 Å². The minimum Gasteiger partial charge on any atom is -0.258 e. The van der Waals surface area contributed by atoms with E-state index in [-0.39, 0.29) is 11.5 Å². The second kappa shape index (κ2) is 5.10. The Labute approximate surface area is 124 Å². The zero-order valence-corrected chi connectivity index (χ0v) is 11.3. The number of hydrogen-bond donors (Lipinski definition) is 0. The Balaban J connectivity index is 2.17. The van der Waals surface area contributed by atoms with Gasteiger partial charge in [0, 0.05) is 23.1 Å². The highest BCUT2D eigenvalue weighted by molar-refractivity contribution is 6.35. The second-order valence-corrected chi connectivity index (χ2v) is 4.86. The molecule has 0 bridgehead atoms. The standard InChI is InChI=1S/C15H8ClFN2O2/c16-13-8-15(9-1-3-10(17)4-2-9)18-14-6-5-11(19(20)21)7-12(13)14/h1-8H. The van der Waals surface area contributed by atoms with E-state index in [0.717, 1.165) is 5.56 Å². The summed E-state index contributed by atoms with van der Waals surface area (Å²) in [6.07, 6.45) is 0. The molecule has 3 rings (SSSR count). The lowest BCUT2D eigenvalue weighted by atomic mass is 10.1. The topological polar surface area (TPSA) is 56.0 Å². The third-order valence-corrected chi connectivity index (χ3v) is 3.41. The third kappa shape index (κ3) is 2.55. The van der Waals surface area contributed by atoms with Gasteiger partial charge in [0.25, 0.3) is 5.69 Å². The van der Waals surface area contributed by atoms with E-state index >= 15 is 0 Å². The quantitative estimate of drug-likeness (QED) is 0.513. The summed E-state index contributed by atoms with van der Waals surface area (Å²) in [6, 6.07) is 11.8. The Kier molecular flexibility index (Phi) is 3.27. The average molecular weight is 303 g/mol. The second-order valence-electron chi connectivity index (χ2n) is 4.45. The largest absolute Gasteiger partial charge is 0.270 e. The number of pyridine rings is 1. The molecule has 0 amide bonds. The van der Waals surface area contributed by atoms with Crippen molar-refractivity contribution in [2.24, 2.45) is 0 Å². The molecule has 0 spiro atoms. The molecule has 21 heavy (non-hydrogen) atoms. The summed E-state index contributed by atoms with van der Waals surface area (Å²) < 4.78 is 12.9. The fourth-order valence-electron chi connectivity index (χ4n) is 2.05. The van der Waals surface area contributed by atoms with Crippen LogP contribution in [0.2, 0.25) is 5.02 Å². The molecule has 0 aliphatic heterocycles. The van der Waals surface area contributed by atoms with Crippen molar-refractivity contribution in [1.29, 1.82) is 0 Å². The van der Waals surface area contributed by atoms with Crippen LogP contribution in [0.25, 0.3) is 22.2 Å². The highest BCUT2D eigenvalue weighted by Gasteiger charge is 2.11. The van der Waals surface area contributed by atoms with Gasteiger partial charge in [0.05, 0.1) is 21.2 Å². The highest BCUT2D eigenvalue weighted by Crippen LogP contribution is 2.30. The predicted molar refractivity (Wildman–Crippen MR) is 78.8 cm³/mol. The minimum absolute atomic E-state index is 0.0410. The summed E-state index contributed by atoms with van der Waals surface area (Å²) in [7, 11) is 0. The van der Waals surface area contributed by atoms with E-state index in [4.69, 9.17) is 11.6 Å². The van der Waals surface area contributed by atoms with Gasteiger partial charge in [-0.25, -0.2) is 9.37 Å². The molecule has 0 radical (unpaired) electrons. The van der Waals surface area contributed by atoms with Crippen LogP contribution in [0.3, 0.4) is 0 Å². The van der Waals surface area contributed by atoms with E-state index in [1.54, 1.807) is 24.3 Å². The lowest BCUT2D eigenvalue weighted by molar-refractivity contribution is -0.384. The first kappa shape index (κ1) is 13.5. The molecule has 0 aliphatic rings. The molecule has 0 N–H and O–H groups in total. The first-order valence-electron chi connectivity index (χ1n) is 6.05. The van der Waals surface area contributed by atoms with Gasteiger partial charge in [-0.1, -0.05) is 11.6 Å². The first-order valence-corrected chi connectivity index (χ1v) is 6.43. The maximum Gasteiger partial charge on any atom is 0.270 e. The number of nitrogens with zero attached hydrogens (tertiary/aromatic N) is 2. The van der Waals surface area contributed by atoms with Gasteiger partial charge in [0.15, 0.2) is 0 Å². The molecule has 4 nitrogen and oxygen atoms in total. The molecular formula is C15H8ClFN2O2. The van der Waals surface area contributed by atoms with E-state index in [1.165, 1.54) is 24.3 Å². The van der Waals surface area contributed by atoms with E-state index in [9.17, 15) is 14.5 Å². The van der Waals surface area contributed by atoms with Crippen LogP contribution in [0.1, 0.15) is 0 Å². The summed E-state index contributed by atoms with van der Waals surface area (Å²) in [6.45, 7) is 0. The molecule has 1 aromatic heterocycles. The van der Waals surface area contributed by atoms with Gasteiger partial charge in [-0.15, -0.1) is 0 Å². The smallest absolute Gasteiger partial charge is 0.258 e. The molecule has 0 fully saturated rings. The summed E-state index contributed by atoms with van der Waals surface area (Å²) in [5, 5.41) is 11.7. The lowest BCUT2D eigenvalue weighted by Gasteiger charge is -2.05.